The standard InChI is InChI=1S/C15H25N3O/c1-2-4-11-5-7-12(8-6-11)13-17-14(19-18-13)15(16)9-3-10-15/h11-12H,2-10,16H2,1H3. The van der Waals surface area contributed by atoms with Crippen molar-refractivity contribution in [2.24, 2.45) is 11.7 Å². The van der Waals surface area contributed by atoms with Gasteiger partial charge in [0.25, 0.3) is 0 Å². The number of nitrogens with two attached hydrogens (primary N) is 1. The summed E-state index contributed by atoms with van der Waals surface area (Å²) in [6.45, 7) is 2.27. The molecule has 0 radical (unpaired) electrons. The first-order valence-corrected chi connectivity index (χ1v) is 7.84. The van der Waals surface area contributed by atoms with Crippen molar-refractivity contribution in [2.45, 2.75) is 76.2 Å². The zero-order chi connectivity index (χ0) is 13.3. The highest BCUT2D eigenvalue weighted by atomic mass is 16.5. The van der Waals surface area contributed by atoms with E-state index in [9.17, 15) is 0 Å². The third kappa shape index (κ3) is 2.55. The minimum absolute atomic E-state index is 0.315. The summed E-state index contributed by atoms with van der Waals surface area (Å²) in [5, 5.41) is 4.19. The third-order valence-corrected chi connectivity index (χ3v) is 5.02. The molecule has 3 rings (SSSR count). The Morgan fingerprint density at radius 1 is 1.26 bits per heavy atom. The topological polar surface area (TPSA) is 64.9 Å². The van der Waals surface area contributed by atoms with E-state index in [1.54, 1.807) is 0 Å². The molecule has 2 N–H and O–H groups in total. The summed E-state index contributed by atoms with van der Waals surface area (Å²) in [6, 6.07) is 0. The molecule has 2 fully saturated rings. The Morgan fingerprint density at radius 3 is 2.58 bits per heavy atom. The number of aromatic nitrogens is 2. The highest BCUT2D eigenvalue weighted by Gasteiger charge is 2.40. The van der Waals surface area contributed by atoms with Gasteiger partial charge >= 0.3 is 0 Å². The quantitative estimate of drug-likeness (QED) is 0.903. The number of rotatable bonds is 4. The molecule has 1 aromatic rings. The summed E-state index contributed by atoms with van der Waals surface area (Å²) >= 11 is 0. The van der Waals surface area contributed by atoms with Crippen LogP contribution in [-0.2, 0) is 5.54 Å². The van der Waals surface area contributed by atoms with Gasteiger partial charge in [-0.05, 0) is 50.9 Å². The van der Waals surface area contributed by atoms with Crippen LogP contribution in [0, 0.1) is 5.92 Å². The molecule has 0 aromatic carbocycles. The van der Waals surface area contributed by atoms with Crippen molar-refractivity contribution in [1.82, 2.24) is 10.1 Å². The minimum Gasteiger partial charge on any atom is -0.337 e. The normalized spacial score (nSPS) is 30.0. The molecule has 0 bridgehead atoms. The molecule has 19 heavy (non-hydrogen) atoms. The predicted molar refractivity (Wildman–Crippen MR) is 73.6 cm³/mol. The van der Waals surface area contributed by atoms with E-state index >= 15 is 0 Å². The van der Waals surface area contributed by atoms with Gasteiger partial charge in [0.1, 0.15) is 0 Å². The Bertz CT molecular complexity index is 417. The van der Waals surface area contributed by atoms with E-state index in [0.29, 0.717) is 11.8 Å². The van der Waals surface area contributed by atoms with Crippen LogP contribution in [0.25, 0.3) is 0 Å². The second-order valence-electron chi connectivity index (χ2n) is 6.47. The lowest BCUT2D eigenvalue weighted by Crippen LogP contribution is -2.43. The van der Waals surface area contributed by atoms with Crippen molar-refractivity contribution >= 4 is 0 Å². The second kappa shape index (κ2) is 5.23. The molecular weight excluding hydrogens is 238 g/mol. The van der Waals surface area contributed by atoms with Gasteiger partial charge in [-0.2, -0.15) is 4.98 Å². The molecule has 0 amide bonds. The summed E-state index contributed by atoms with van der Waals surface area (Å²) in [6.07, 6.45) is 10.9. The van der Waals surface area contributed by atoms with Crippen LogP contribution in [-0.4, -0.2) is 10.1 Å². The highest BCUT2D eigenvalue weighted by molar-refractivity contribution is 5.09. The van der Waals surface area contributed by atoms with E-state index in [4.69, 9.17) is 10.3 Å². The zero-order valence-corrected chi connectivity index (χ0v) is 11.9. The molecule has 106 valence electrons. The van der Waals surface area contributed by atoms with Gasteiger partial charge in [0.05, 0.1) is 5.54 Å². The van der Waals surface area contributed by atoms with Gasteiger partial charge < -0.3 is 10.3 Å². The monoisotopic (exact) mass is 263 g/mol. The van der Waals surface area contributed by atoms with Gasteiger partial charge in [-0.1, -0.05) is 24.9 Å². The van der Waals surface area contributed by atoms with Crippen molar-refractivity contribution in [2.75, 3.05) is 0 Å². The number of hydrogen-bond donors (Lipinski definition) is 1. The second-order valence-corrected chi connectivity index (χ2v) is 6.47. The maximum Gasteiger partial charge on any atom is 0.246 e. The van der Waals surface area contributed by atoms with Crippen LogP contribution < -0.4 is 5.73 Å². The largest absolute Gasteiger partial charge is 0.337 e. The van der Waals surface area contributed by atoms with Gasteiger partial charge in [0, 0.05) is 5.92 Å². The van der Waals surface area contributed by atoms with Gasteiger partial charge in [-0.3, -0.25) is 0 Å². The smallest absolute Gasteiger partial charge is 0.246 e. The van der Waals surface area contributed by atoms with Gasteiger partial charge in [0.2, 0.25) is 5.89 Å². The molecular formula is C15H25N3O. The Morgan fingerprint density at radius 2 is 2.00 bits per heavy atom. The Hall–Kier alpha value is -0.900. The molecule has 2 aliphatic carbocycles. The average molecular weight is 263 g/mol. The van der Waals surface area contributed by atoms with Crippen LogP contribution in [0.4, 0.5) is 0 Å². The molecule has 0 atom stereocenters. The SMILES string of the molecule is CCCC1CCC(c2noc(C3(N)CCC3)n2)CC1. The summed E-state index contributed by atoms with van der Waals surface area (Å²) in [5.41, 5.74) is 5.92. The van der Waals surface area contributed by atoms with Gasteiger partial charge in [-0.15, -0.1) is 0 Å². The fourth-order valence-corrected chi connectivity index (χ4v) is 3.49. The van der Waals surface area contributed by atoms with Crippen LogP contribution in [0.2, 0.25) is 0 Å². The van der Waals surface area contributed by atoms with Crippen molar-refractivity contribution in [3.63, 3.8) is 0 Å². The molecule has 0 unspecified atom stereocenters. The minimum atomic E-state index is -0.315. The van der Waals surface area contributed by atoms with Crippen LogP contribution in [0.5, 0.6) is 0 Å². The molecule has 0 spiro atoms. The molecule has 4 heteroatoms. The molecule has 2 saturated carbocycles. The Balaban J connectivity index is 1.61. The predicted octanol–water partition coefficient (Wildman–Crippen LogP) is 3.48. The van der Waals surface area contributed by atoms with Crippen LogP contribution in [0.1, 0.15) is 82.3 Å². The number of nitrogens with zero attached hydrogens (tertiary/aromatic N) is 2. The first-order valence-electron chi connectivity index (χ1n) is 7.84. The maximum absolute atomic E-state index is 6.23. The molecule has 0 aliphatic heterocycles. The molecule has 2 aliphatic rings. The van der Waals surface area contributed by atoms with E-state index < -0.39 is 0 Å². The van der Waals surface area contributed by atoms with E-state index in [0.717, 1.165) is 24.6 Å². The fraction of sp³-hybridized carbons (Fsp3) is 0.867. The summed E-state index contributed by atoms with van der Waals surface area (Å²) in [5.74, 6) is 2.99. The molecule has 4 nitrogen and oxygen atoms in total. The first kappa shape index (κ1) is 13.1. The van der Waals surface area contributed by atoms with E-state index in [2.05, 4.69) is 17.1 Å². The van der Waals surface area contributed by atoms with E-state index in [-0.39, 0.29) is 5.54 Å². The maximum atomic E-state index is 6.23. The van der Waals surface area contributed by atoms with Crippen molar-refractivity contribution in [3.8, 4) is 0 Å². The summed E-state index contributed by atoms with van der Waals surface area (Å²) < 4.78 is 5.41. The van der Waals surface area contributed by atoms with Crippen molar-refractivity contribution < 1.29 is 4.52 Å². The Labute approximate surface area is 115 Å². The summed E-state index contributed by atoms with van der Waals surface area (Å²) in [4.78, 5) is 4.60. The van der Waals surface area contributed by atoms with Gasteiger partial charge in [0.15, 0.2) is 5.82 Å². The molecule has 1 heterocycles. The van der Waals surface area contributed by atoms with Crippen LogP contribution >= 0.6 is 0 Å². The lowest BCUT2D eigenvalue weighted by molar-refractivity contribution is 0.180. The lowest BCUT2D eigenvalue weighted by atomic mass is 9.77. The van der Waals surface area contributed by atoms with E-state index in [1.807, 2.05) is 0 Å². The van der Waals surface area contributed by atoms with Crippen molar-refractivity contribution in [3.05, 3.63) is 11.7 Å². The first-order chi connectivity index (χ1) is 9.21. The van der Waals surface area contributed by atoms with Crippen LogP contribution in [0.15, 0.2) is 4.52 Å². The molecule has 1 aromatic heterocycles. The number of hydrogen-bond acceptors (Lipinski definition) is 4. The average Bonchev–Trinajstić information content (AvgIpc) is 2.87. The van der Waals surface area contributed by atoms with E-state index in [1.165, 1.54) is 44.9 Å². The Kier molecular flexibility index (Phi) is 3.61. The third-order valence-electron chi connectivity index (χ3n) is 5.02. The highest BCUT2D eigenvalue weighted by Crippen LogP contribution is 2.40. The van der Waals surface area contributed by atoms with Gasteiger partial charge in [-0.25, -0.2) is 0 Å². The summed E-state index contributed by atoms with van der Waals surface area (Å²) in [7, 11) is 0. The lowest BCUT2D eigenvalue weighted by Gasteiger charge is -2.33. The zero-order valence-electron chi connectivity index (χ0n) is 11.9. The molecule has 0 saturated heterocycles. The fourth-order valence-electron chi connectivity index (χ4n) is 3.49. The van der Waals surface area contributed by atoms with Crippen LogP contribution in [0.3, 0.4) is 0 Å². The van der Waals surface area contributed by atoms with Crippen molar-refractivity contribution in [1.29, 1.82) is 0 Å².